The lowest BCUT2D eigenvalue weighted by Gasteiger charge is -2.11. The van der Waals surface area contributed by atoms with E-state index in [9.17, 15) is 13.2 Å². The Morgan fingerprint density at radius 1 is 1.12 bits per heavy atom. The molecule has 2 aromatic rings. The Kier molecular flexibility index (Phi) is 6.03. The first-order valence-electron chi connectivity index (χ1n) is 7.81. The maximum Gasteiger partial charge on any atom is 0.251 e. The summed E-state index contributed by atoms with van der Waals surface area (Å²) in [4.78, 5) is 12.1. The molecule has 7 heteroatoms. The SMILES string of the molecule is Cc1ccc(OCCNC(=O)c2cccc(NS(C)(=O)=O)c2)c(C)c1. The van der Waals surface area contributed by atoms with Gasteiger partial charge in [-0.1, -0.05) is 23.8 Å². The average Bonchev–Trinajstić information content (AvgIpc) is 2.51. The number of amides is 1. The van der Waals surface area contributed by atoms with Crippen molar-refractivity contribution in [2.45, 2.75) is 13.8 Å². The summed E-state index contributed by atoms with van der Waals surface area (Å²) in [6.07, 6.45) is 1.06. The lowest BCUT2D eigenvalue weighted by molar-refractivity contribution is 0.0947. The standard InChI is InChI=1S/C18H22N2O4S/c1-13-7-8-17(14(2)11-13)24-10-9-19-18(21)15-5-4-6-16(12-15)20-25(3,22)23/h4-8,11-12,20H,9-10H2,1-3H3,(H,19,21). The Morgan fingerprint density at radius 3 is 2.56 bits per heavy atom. The minimum Gasteiger partial charge on any atom is -0.491 e. The molecule has 134 valence electrons. The summed E-state index contributed by atoms with van der Waals surface area (Å²) in [5.41, 5.74) is 2.94. The Morgan fingerprint density at radius 2 is 1.88 bits per heavy atom. The first-order chi connectivity index (χ1) is 11.7. The molecular formula is C18H22N2O4S. The molecule has 2 N–H and O–H groups in total. The Labute approximate surface area is 148 Å². The number of ether oxygens (including phenoxy) is 1. The summed E-state index contributed by atoms with van der Waals surface area (Å²) >= 11 is 0. The van der Waals surface area contributed by atoms with Crippen molar-refractivity contribution in [1.82, 2.24) is 5.32 Å². The molecule has 0 saturated heterocycles. The van der Waals surface area contributed by atoms with Crippen LogP contribution in [0, 0.1) is 13.8 Å². The Hall–Kier alpha value is -2.54. The van der Waals surface area contributed by atoms with Crippen LogP contribution in [-0.2, 0) is 10.0 Å². The number of carbonyl (C=O) groups is 1. The van der Waals surface area contributed by atoms with Gasteiger partial charge in [0.25, 0.3) is 5.91 Å². The van der Waals surface area contributed by atoms with Crippen LogP contribution in [0.5, 0.6) is 5.75 Å². The fourth-order valence-corrected chi connectivity index (χ4v) is 2.88. The summed E-state index contributed by atoms with van der Waals surface area (Å²) in [7, 11) is -3.38. The van der Waals surface area contributed by atoms with Crippen molar-refractivity contribution in [3.8, 4) is 5.75 Å². The molecule has 0 saturated carbocycles. The highest BCUT2D eigenvalue weighted by Crippen LogP contribution is 2.18. The van der Waals surface area contributed by atoms with E-state index in [2.05, 4.69) is 10.0 Å². The van der Waals surface area contributed by atoms with Crippen LogP contribution in [0.15, 0.2) is 42.5 Å². The molecule has 0 bridgehead atoms. The van der Waals surface area contributed by atoms with Gasteiger partial charge >= 0.3 is 0 Å². The second-order valence-corrected chi connectivity index (χ2v) is 7.58. The minimum atomic E-state index is -3.38. The number of benzene rings is 2. The summed E-state index contributed by atoms with van der Waals surface area (Å²) in [5.74, 6) is 0.501. The number of aryl methyl sites for hydroxylation is 2. The van der Waals surface area contributed by atoms with Crippen molar-refractivity contribution >= 4 is 21.6 Å². The zero-order valence-corrected chi connectivity index (χ0v) is 15.3. The van der Waals surface area contributed by atoms with Gasteiger partial charge in [-0.2, -0.15) is 0 Å². The van der Waals surface area contributed by atoms with E-state index in [1.54, 1.807) is 18.2 Å². The van der Waals surface area contributed by atoms with Gasteiger partial charge in [-0.05, 0) is 43.7 Å². The minimum absolute atomic E-state index is 0.290. The van der Waals surface area contributed by atoms with Crippen molar-refractivity contribution in [3.05, 3.63) is 59.2 Å². The van der Waals surface area contributed by atoms with Gasteiger partial charge in [0.1, 0.15) is 12.4 Å². The Balaban J connectivity index is 1.87. The number of sulfonamides is 1. The van der Waals surface area contributed by atoms with Crippen LogP contribution in [0.1, 0.15) is 21.5 Å². The van der Waals surface area contributed by atoms with Gasteiger partial charge in [-0.25, -0.2) is 8.42 Å². The van der Waals surface area contributed by atoms with Crippen molar-refractivity contribution in [1.29, 1.82) is 0 Å². The lowest BCUT2D eigenvalue weighted by atomic mass is 10.1. The molecule has 0 aliphatic heterocycles. The van der Waals surface area contributed by atoms with E-state index in [0.29, 0.717) is 24.4 Å². The first-order valence-corrected chi connectivity index (χ1v) is 9.70. The van der Waals surface area contributed by atoms with E-state index in [1.165, 1.54) is 11.6 Å². The average molecular weight is 362 g/mol. The third-order valence-electron chi connectivity index (χ3n) is 3.40. The largest absolute Gasteiger partial charge is 0.491 e. The quantitative estimate of drug-likeness (QED) is 0.741. The van der Waals surface area contributed by atoms with Gasteiger partial charge < -0.3 is 10.1 Å². The number of anilines is 1. The second-order valence-electron chi connectivity index (χ2n) is 5.83. The molecule has 0 radical (unpaired) electrons. The summed E-state index contributed by atoms with van der Waals surface area (Å²) < 4.78 is 30.5. The molecule has 2 rings (SSSR count). The predicted octanol–water partition coefficient (Wildman–Crippen LogP) is 2.48. The number of carbonyl (C=O) groups excluding carboxylic acids is 1. The molecule has 0 aliphatic carbocycles. The molecule has 6 nitrogen and oxygen atoms in total. The highest BCUT2D eigenvalue weighted by molar-refractivity contribution is 7.92. The smallest absolute Gasteiger partial charge is 0.251 e. The van der Waals surface area contributed by atoms with Gasteiger partial charge in [-0.15, -0.1) is 0 Å². The van der Waals surface area contributed by atoms with Crippen molar-refractivity contribution in [3.63, 3.8) is 0 Å². The Bertz CT molecular complexity index is 863. The van der Waals surface area contributed by atoms with Gasteiger partial charge in [0.15, 0.2) is 0 Å². The van der Waals surface area contributed by atoms with Crippen molar-refractivity contribution < 1.29 is 17.9 Å². The van der Waals surface area contributed by atoms with E-state index >= 15 is 0 Å². The number of rotatable bonds is 7. The highest BCUT2D eigenvalue weighted by Gasteiger charge is 2.08. The van der Waals surface area contributed by atoms with Crippen LogP contribution < -0.4 is 14.8 Å². The van der Waals surface area contributed by atoms with Crippen molar-refractivity contribution in [2.24, 2.45) is 0 Å². The van der Waals surface area contributed by atoms with Crippen LogP contribution >= 0.6 is 0 Å². The second kappa shape index (κ2) is 8.02. The van der Waals surface area contributed by atoms with E-state index in [0.717, 1.165) is 17.6 Å². The summed E-state index contributed by atoms with van der Waals surface area (Å²) in [6.45, 7) is 4.68. The van der Waals surface area contributed by atoms with E-state index < -0.39 is 10.0 Å². The highest BCUT2D eigenvalue weighted by atomic mass is 32.2. The third kappa shape index (κ3) is 6.11. The van der Waals surface area contributed by atoms with Gasteiger partial charge in [0.2, 0.25) is 10.0 Å². The molecular weight excluding hydrogens is 340 g/mol. The maximum atomic E-state index is 12.1. The zero-order chi connectivity index (χ0) is 18.4. The molecule has 0 aliphatic rings. The molecule has 0 aromatic heterocycles. The third-order valence-corrected chi connectivity index (χ3v) is 4.01. The number of hydrogen-bond donors (Lipinski definition) is 2. The molecule has 0 unspecified atom stereocenters. The van der Waals surface area contributed by atoms with E-state index in [-0.39, 0.29) is 5.91 Å². The van der Waals surface area contributed by atoms with Crippen molar-refractivity contribution in [2.75, 3.05) is 24.1 Å². The molecule has 1 amide bonds. The molecule has 0 atom stereocenters. The van der Waals surface area contributed by atoms with Crippen LogP contribution in [0.3, 0.4) is 0 Å². The molecule has 0 heterocycles. The topological polar surface area (TPSA) is 84.5 Å². The van der Waals surface area contributed by atoms with E-state index in [1.807, 2.05) is 32.0 Å². The van der Waals surface area contributed by atoms with E-state index in [4.69, 9.17) is 4.74 Å². The van der Waals surface area contributed by atoms with Crippen LogP contribution in [0.4, 0.5) is 5.69 Å². The fraction of sp³-hybridized carbons (Fsp3) is 0.278. The molecule has 0 fully saturated rings. The molecule has 0 spiro atoms. The zero-order valence-electron chi connectivity index (χ0n) is 14.5. The molecule has 25 heavy (non-hydrogen) atoms. The maximum absolute atomic E-state index is 12.1. The van der Waals surface area contributed by atoms with Crippen LogP contribution in [0.25, 0.3) is 0 Å². The van der Waals surface area contributed by atoms with Gasteiger partial charge in [0, 0.05) is 11.3 Å². The monoisotopic (exact) mass is 362 g/mol. The summed E-state index contributed by atoms with van der Waals surface area (Å²) in [5, 5.41) is 2.75. The number of hydrogen-bond acceptors (Lipinski definition) is 4. The fourth-order valence-electron chi connectivity index (χ4n) is 2.33. The molecule has 2 aromatic carbocycles. The summed E-state index contributed by atoms with van der Waals surface area (Å²) in [6, 6.07) is 12.2. The predicted molar refractivity (Wildman–Crippen MR) is 98.7 cm³/mol. The van der Waals surface area contributed by atoms with Gasteiger partial charge in [0.05, 0.1) is 12.8 Å². The number of nitrogens with one attached hydrogen (secondary N) is 2. The van der Waals surface area contributed by atoms with Gasteiger partial charge in [-0.3, -0.25) is 9.52 Å². The van der Waals surface area contributed by atoms with Crippen LogP contribution in [0.2, 0.25) is 0 Å². The normalized spacial score (nSPS) is 11.0. The lowest BCUT2D eigenvalue weighted by Crippen LogP contribution is -2.28. The first kappa shape index (κ1) is 18.8. The van der Waals surface area contributed by atoms with Crippen LogP contribution in [-0.4, -0.2) is 33.7 Å².